The summed E-state index contributed by atoms with van der Waals surface area (Å²) in [7, 11) is 6.06. The van der Waals surface area contributed by atoms with Crippen molar-refractivity contribution in [1.29, 1.82) is 0 Å². The first-order valence-electron chi connectivity index (χ1n) is 8.92. The van der Waals surface area contributed by atoms with E-state index in [0.717, 1.165) is 11.1 Å². The molecule has 2 aliphatic carbocycles. The molecule has 0 radical (unpaired) electrons. The van der Waals surface area contributed by atoms with Crippen molar-refractivity contribution in [3.05, 3.63) is 46.6 Å². The first kappa shape index (κ1) is 23.8. The quantitative estimate of drug-likeness (QED) is 0.700. The first-order chi connectivity index (χ1) is 12.5. The third-order valence-electron chi connectivity index (χ3n) is 3.81. The molecule has 0 saturated heterocycles. The van der Waals surface area contributed by atoms with Crippen LogP contribution in [0.2, 0.25) is 0 Å². The molecule has 0 unspecified atom stereocenters. The number of hydrogen-bond donors (Lipinski definition) is 0. The predicted molar refractivity (Wildman–Crippen MR) is 104 cm³/mol. The molecule has 2 amide bonds. The first-order valence-corrected chi connectivity index (χ1v) is 8.92. The van der Waals surface area contributed by atoms with E-state index in [-0.39, 0.29) is 11.8 Å². The molecule has 0 saturated carbocycles. The molecule has 0 spiro atoms. The summed E-state index contributed by atoms with van der Waals surface area (Å²) in [6.07, 6.45) is 8.54. The fourth-order valence-electron chi connectivity index (χ4n) is 2.35. The third kappa shape index (κ3) is 5.97. The second-order valence-corrected chi connectivity index (χ2v) is 5.09. The van der Waals surface area contributed by atoms with Crippen molar-refractivity contribution in [3.8, 4) is 0 Å². The molecule has 2 aliphatic rings. The SMILES string of the molecule is CC.CC.CON(C)C(=O)C1=CC=C(C2=CC=C(C(=O)N(C)OC)C2)C1. The molecule has 0 bridgehead atoms. The van der Waals surface area contributed by atoms with E-state index in [1.54, 1.807) is 26.2 Å². The molecule has 26 heavy (non-hydrogen) atoms. The van der Waals surface area contributed by atoms with E-state index in [0.29, 0.717) is 24.0 Å². The topological polar surface area (TPSA) is 59.1 Å². The number of carbonyl (C=O) groups is 2. The van der Waals surface area contributed by atoms with Gasteiger partial charge in [-0.05, 0) is 11.1 Å². The standard InChI is InChI=1S/C16H20N2O4.2C2H6/c1-17(21-3)15(19)13-7-5-11(9-13)12-6-8-14(10-12)16(20)18(2)22-4;2*1-2/h5-8H,9-10H2,1-4H3;2*1-2H3. The van der Waals surface area contributed by atoms with Crippen LogP contribution in [0, 0.1) is 0 Å². The van der Waals surface area contributed by atoms with Crippen molar-refractivity contribution in [3.63, 3.8) is 0 Å². The lowest BCUT2D eigenvalue weighted by Crippen LogP contribution is -2.27. The maximum atomic E-state index is 12.0. The molecule has 0 heterocycles. The van der Waals surface area contributed by atoms with Crippen LogP contribution in [0.15, 0.2) is 46.6 Å². The number of amides is 2. The number of likely N-dealkylation sites (N-methyl/N-ethyl adjacent to an activating group) is 2. The van der Waals surface area contributed by atoms with Gasteiger partial charge in [0.2, 0.25) is 0 Å². The minimum absolute atomic E-state index is 0.157. The Kier molecular flexibility index (Phi) is 11.2. The molecule has 0 aromatic carbocycles. The highest BCUT2D eigenvalue weighted by molar-refractivity contribution is 5.96. The highest BCUT2D eigenvalue weighted by atomic mass is 16.7. The van der Waals surface area contributed by atoms with Crippen LogP contribution in [0.25, 0.3) is 0 Å². The summed E-state index contributed by atoms with van der Waals surface area (Å²) in [5.74, 6) is -0.313. The van der Waals surface area contributed by atoms with Crippen LogP contribution in [-0.4, -0.2) is 50.3 Å². The molecule has 6 heteroatoms. The maximum Gasteiger partial charge on any atom is 0.273 e. The smallest absolute Gasteiger partial charge is 0.273 e. The van der Waals surface area contributed by atoms with Gasteiger partial charge in [-0.1, -0.05) is 52.0 Å². The van der Waals surface area contributed by atoms with E-state index in [1.165, 1.54) is 24.3 Å². The molecule has 0 atom stereocenters. The minimum atomic E-state index is -0.157. The van der Waals surface area contributed by atoms with E-state index < -0.39 is 0 Å². The van der Waals surface area contributed by atoms with Crippen LogP contribution in [0.5, 0.6) is 0 Å². The molecule has 0 aromatic heterocycles. The Bertz CT molecular complexity index is 561. The summed E-state index contributed by atoms with van der Waals surface area (Å²) in [5, 5.41) is 2.40. The number of hydrogen-bond acceptors (Lipinski definition) is 4. The van der Waals surface area contributed by atoms with Gasteiger partial charge in [0.1, 0.15) is 0 Å². The molecule has 0 aromatic rings. The Morgan fingerprint density at radius 3 is 1.31 bits per heavy atom. The highest BCUT2D eigenvalue weighted by Gasteiger charge is 2.25. The molecule has 0 fully saturated rings. The van der Waals surface area contributed by atoms with Crippen LogP contribution < -0.4 is 0 Å². The summed E-state index contributed by atoms with van der Waals surface area (Å²) >= 11 is 0. The molecule has 146 valence electrons. The van der Waals surface area contributed by atoms with Crippen LogP contribution >= 0.6 is 0 Å². The summed E-state index contributed by atoms with van der Waals surface area (Å²) in [6.45, 7) is 8.00. The fraction of sp³-hybridized carbons (Fsp3) is 0.500. The second-order valence-electron chi connectivity index (χ2n) is 5.09. The lowest BCUT2D eigenvalue weighted by molar-refractivity contribution is -0.164. The van der Waals surface area contributed by atoms with Gasteiger partial charge < -0.3 is 0 Å². The Hall–Kier alpha value is -2.18. The number of nitrogens with zero attached hydrogens (tertiary/aromatic N) is 2. The summed E-state index contributed by atoms with van der Waals surface area (Å²) in [4.78, 5) is 33.9. The average Bonchev–Trinajstić information content (AvgIpc) is 3.38. The number of hydroxylamine groups is 4. The van der Waals surface area contributed by atoms with Crippen molar-refractivity contribution < 1.29 is 19.3 Å². The van der Waals surface area contributed by atoms with Gasteiger partial charge in [0.15, 0.2) is 0 Å². The zero-order valence-corrected chi connectivity index (χ0v) is 17.3. The van der Waals surface area contributed by atoms with Gasteiger partial charge in [-0.15, -0.1) is 0 Å². The van der Waals surface area contributed by atoms with E-state index >= 15 is 0 Å². The lowest BCUT2D eigenvalue weighted by atomic mass is 10.00. The molecule has 0 N–H and O–H groups in total. The van der Waals surface area contributed by atoms with Crippen molar-refractivity contribution in [2.24, 2.45) is 0 Å². The number of rotatable bonds is 5. The van der Waals surface area contributed by atoms with Gasteiger partial charge >= 0.3 is 0 Å². The Balaban J connectivity index is 0.00000146. The predicted octanol–water partition coefficient (Wildman–Crippen LogP) is 3.59. The van der Waals surface area contributed by atoms with Gasteiger partial charge in [-0.3, -0.25) is 19.3 Å². The van der Waals surface area contributed by atoms with Gasteiger partial charge in [0.05, 0.1) is 14.2 Å². The Labute approximate surface area is 157 Å². The Morgan fingerprint density at radius 2 is 1.04 bits per heavy atom. The summed E-state index contributed by atoms with van der Waals surface area (Å²) in [5.41, 5.74) is 3.45. The molecule has 2 rings (SSSR count). The van der Waals surface area contributed by atoms with Crippen LogP contribution in [-0.2, 0) is 19.3 Å². The number of allylic oxidation sites excluding steroid dienone is 6. The second kappa shape index (κ2) is 12.2. The fourth-order valence-corrected chi connectivity index (χ4v) is 2.35. The zero-order chi connectivity index (χ0) is 20.3. The molecular formula is C20H32N2O4. The van der Waals surface area contributed by atoms with Crippen LogP contribution in [0.1, 0.15) is 40.5 Å². The molecule has 0 aliphatic heterocycles. The minimum Gasteiger partial charge on any atom is -0.274 e. The van der Waals surface area contributed by atoms with Gasteiger partial charge in [0.25, 0.3) is 11.8 Å². The number of carbonyl (C=O) groups excluding carboxylic acids is 2. The van der Waals surface area contributed by atoms with Gasteiger partial charge in [-0.2, -0.15) is 0 Å². The van der Waals surface area contributed by atoms with Crippen LogP contribution in [0.3, 0.4) is 0 Å². The van der Waals surface area contributed by atoms with Crippen LogP contribution in [0.4, 0.5) is 0 Å². The lowest BCUT2D eigenvalue weighted by Gasteiger charge is -2.16. The molecule has 6 nitrogen and oxygen atoms in total. The normalized spacial score (nSPS) is 14.6. The van der Waals surface area contributed by atoms with Crippen molar-refractivity contribution in [2.75, 3.05) is 28.3 Å². The van der Waals surface area contributed by atoms with E-state index in [4.69, 9.17) is 9.68 Å². The summed E-state index contributed by atoms with van der Waals surface area (Å²) < 4.78 is 0. The van der Waals surface area contributed by atoms with Crippen molar-refractivity contribution in [2.45, 2.75) is 40.5 Å². The van der Waals surface area contributed by atoms with Crippen molar-refractivity contribution in [1.82, 2.24) is 10.1 Å². The Morgan fingerprint density at radius 1 is 0.731 bits per heavy atom. The molecular weight excluding hydrogens is 332 g/mol. The van der Waals surface area contributed by atoms with Gasteiger partial charge in [0, 0.05) is 38.1 Å². The van der Waals surface area contributed by atoms with E-state index in [2.05, 4.69) is 0 Å². The van der Waals surface area contributed by atoms with E-state index in [9.17, 15) is 9.59 Å². The summed E-state index contributed by atoms with van der Waals surface area (Å²) in [6, 6.07) is 0. The van der Waals surface area contributed by atoms with Crippen molar-refractivity contribution >= 4 is 11.8 Å². The maximum absolute atomic E-state index is 12.0. The monoisotopic (exact) mass is 364 g/mol. The zero-order valence-electron chi connectivity index (χ0n) is 17.3. The largest absolute Gasteiger partial charge is 0.274 e. The average molecular weight is 364 g/mol. The highest BCUT2D eigenvalue weighted by Crippen LogP contribution is 2.33. The third-order valence-corrected chi connectivity index (χ3v) is 3.81. The van der Waals surface area contributed by atoms with Gasteiger partial charge in [-0.25, -0.2) is 10.1 Å². The van der Waals surface area contributed by atoms with E-state index in [1.807, 2.05) is 39.8 Å².